The van der Waals surface area contributed by atoms with Gasteiger partial charge in [0.2, 0.25) is 0 Å². The fraction of sp³-hybridized carbons (Fsp3) is 0.222. The van der Waals surface area contributed by atoms with Gasteiger partial charge in [-0.15, -0.1) is 0 Å². The zero-order valence-corrected chi connectivity index (χ0v) is 37.0. The molecule has 0 bridgehead atoms. The Balaban J connectivity index is 1.41. The van der Waals surface area contributed by atoms with Crippen molar-refractivity contribution < 1.29 is 38.4 Å². The van der Waals surface area contributed by atoms with Gasteiger partial charge in [-0.05, 0) is 138 Å². The number of aldehydes is 2. The average molecular weight is 849 g/mol. The molecule has 0 atom stereocenters. The van der Waals surface area contributed by atoms with Gasteiger partial charge in [-0.3, -0.25) is 19.2 Å². The first kappa shape index (κ1) is 42.4. The minimum absolute atomic E-state index is 0.0155. The molecule has 1 aliphatic rings. The van der Waals surface area contributed by atoms with Gasteiger partial charge < -0.3 is 19.2 Å². The summed E-state index contributed by atoms with van der Waals surface area (Å²) in [4.78, 5) is 55.5. The number of imide groups is 1. The highest BCUT2D eigenvalue weighted by molar-refractivity contribution is 6.54. The number of nitrogens with zero attached hydrogens (tertiary/aromatic N) is 1. The lowest BCUT2D eigenvalue weighted by atomic mass is 9.77. The Bertz CT molecular complexity index is 3050. The molecule has 0 unspecified atom stereocenters. The van der Waals surface area contributed by atoms with Crippen LogP contribution in [-0.2, 0) is 4.65 Å². The molecular weight excluding hydrogens is 801 g/mol. The summed E-state index contributed by atoms with van der Waals surface area (Å²) < 4.78 is 20.0. The van der Waals surface area contributed by atoms with E-state index in [-0.39, 0.29) is 23.0 Å². The van der Waals surface area contributed by atoms with E-state index in [2.05, 4.69) is 0 Å². The lowest BCUT2D eigenvalue weighted by Crippen LogP contribution is -2.49. The maximum Gasteiger partial charge on any atom is 0.331 e. The molecule has 8 aromatic rings. The maximum absolute atomic E-state index is 15.4. The normalized spacial score (nSPS) is 13.3. The van der Waals surface area contributed by atoms with E-state index >= 15 is 9.59 Å². The largest absolute Gasteiger partial charge is 0.457 e. The molecule has 0 saturated heterocycles. The molecule has 0 aromatic heterocycles. The third kappa shape index (κ3) is 6.89. The molecule has 0 saturated carbocycles. The standard InChI is InChI=1S/C54H47BNO8/c1-29(2)35-11-9-12-36(30(3)4)50(35)56-51(59)40-25-43(62-33-19-15-31(27-57)16-20-33)47-38-14-10-13-37-42(55-64-54(7,8)53(5,6)61)24-23-39(45(37)38)48-44(26-41(52(56)60)46(40)49(47)48)63-34-21-17-32(28-58)18-22-34/h9-30,61H,1-8H3. The van der Waals surface area contributed by atoms with E-state index in [0.717, 1.165) is 50.7 Å². The number of hydrogen-bond acceptors (Lipinski definition) is 8. The van der Waals surface area contributed by atoms with Crippen LogP contribution in [-0.4, -0.2) is 48.2 Å². The Morgan fingerprint density at radius 1 is 0.578 bits per heavy atom. The van der Waals surface area contributed by atoms with Crippen molar-refractivity contribution >= 4 is 86.1 Å². The van der Waals surface area contributed by atoms with Gasteiger partial charge in [0.05, 0.1) is 28.0 Å². The predicted octanol–water partition coefficient (Wildman–Crippen LogP) is 11.8. The number of benzene rings is 8. The highest BCUT2D eigenvalue weighted by atomic mass is 16.5. The molecule has 319 valence electrons. The molecule has 1 radical (unpaired) electrons. The maximum atomic E-state index is 15.4. The minimum atomic E-state index is -1.16. The third-order valence-electron chi connectivity index (χ3n) is 12.8. The summed E-state index contributed by atoms with van der Waals surface area (Å²) >= 11 is 0. The van der Waals surface area contributed by atoms with Gasteiger partial charge in [0.15, 0.2) is 0 Å². The number of anilines is 1. The Hall–Kier alpha value is -6.88. The molecule has 0 aliphatic carbocycles. The Labute approximate surface area is 372 Å². The molecule has 9 rings (SSSR count). The number of fused-ring (bicyclic) bond motifs is 2. The first-order valence-corrected chi connectivity index (χ1v) is 21.5. The number of ether oxygens (including phenoxy) is 2. The molecule has 0 spiro atoms. The number of para-hydroxylation sites is 1. The molecule has 0 fully saturated rings. The molecule has 8 aromatic carbocycles. The number of amides is 2. The highest BCUT2D eigenvalue weighted by Gasteiger charge is 2.41. The summed E-state index contributed by atoms with van der Waals surface area (Å²) in [6.45, 7) is 15.3. The van der Waals surface area contributed by atoms with Crippen LogP contribution in [0.4, 0.5) is 5.69 Å². The van der Waals surface area contributed by atoms with Gasteiger partial charge in [-0.1, -0.05) is 76.2 Å². The van der Waals surface area contributed by atoms with Crippen molar-refractivity contribution in [2.45, 2.75) is 78.4 Å². The van der Waals surface area contributed by atoms with E-state index in [4.69, 9.17) is 14.1 Å². The number of aliphatic hydroxyl groups is 1. The summed E-state index contributed by atoms with van der Waals surface area (Å²) in [6.07, 6.45) is 1.53. The van der Waals surface area contributed by atoms with Crippen LogP contribution in [0.5, 0.6) is 23.0 Å². The summed E-state index contributed by atoms with van der Waals surface area (Å²) in [5, 5.41) is 16.6. The van der Waals surface area contributed by atoms with Crippen LogP contribution in [0.25, 0.3) is 43.1 Å². The molecule has 64 heavy (non-hydrogen) atoms. The van der Waals surface area contributed by atoms with E-state index in [1.165, 1.54) is 4.90 Å². The van der Waals surface area contributed by atoms with Crippen LogP contribution in [0.2, 0.25) is 0 Å². The van der Waals surface area contributed by atoms with Crippen molar-refractivity contribution in [3.63, 3.8) is 0 Å². The fourth-order valence-corrected chi connectivity index (χ4v) is 8.71. The number of carbonyl (C=O) groups excluding carboxylic acids is 4. The Kier molecular flexibility index (Phi) is 10.4. The van der Waals surface area contributed by atoms with E-state index in [1.807, 2.05) is 90.1 Å². The van der Waals surface area contributed by atoms with Crippen LogP contribution in [0.3, 0.4) is 0 Å². The topological polar surface area (TPSA) is 119 Å². The molecule has 10 heteroatoms. The molecule has 1 heterocycles. The summed E-state index contributed by atoms with van der Waals surface area (Å²) in [7, 11) is 1.67. The second-order valence-electron chi connectivity index (χ2n) is 18.2. The van der Waals surface area contributed by atoms with E-state index in [1.54, 1.807) is 82.0 Å². The van der Waals surface area contributed by atoms with Crippen molar-refractivity contribution in [2.24, 2.45) is 0 Å². The van der Waals surface area contributed by atoms with Crippen molar-refractivity contribution in [2.75, 3.05) is 4.90 Å². The average Bonchev–Trinajstić information content (AvgIpc) is 3.27. The van der Waals surface area contributed by atoms with Gasteiger partial charge in [0.25, 0.3) is 11.8 Å². The SMILES string of the molecule is CC(C)c1cccc(C(C)C)c1N1C(=O)c2cc(Oc3ccc(C=O)cc3)c3c4cccc5c([B]OC(C)(C)C(C)(C)O)ccc(c6c(Oc7ccc(C=O)cc7)cc(c2c36)C1=O)c54. The van der Waals surface area contributed by atoms with Gasteiger partial charge in [-0.2, -0.15) is 0 Å². The smallest absolute Gasteiger partial charge is 0.331 e. The van der Waals surface area contributed by atoms with Gasteiger partial charge in [0, 0.05) is 32.7 Å². The van der Waals surface area contributed by atoms with Crippen molar-refractivity contribution in [3.05, 3.63) is 143 Å². The Morgan fingerprint density at radius 2 is 1.05 bits per heavy atom. The van der Waals surface area contributed by atoms with Gasteiger partial charge in [-0.25, -0.2) is 4.90 Å². The number of carbonyl (C=O) groups is 4. The van der Waals surface area contributed by atoms with E-state index < -0.39 is 23.0 Å². The molecule has 9 nitrogen and oxygen atoms in total. The summed E-state index contributed by atoms with van der Waals surface area (Å²) in [5.74, 6) is 0.590. The third-order valence-corrected chi connectivity index (χ3v) is 12.8. The van der Waals surface area contributed by atoms with Crippen molar-refractivity contribution in [3.8, 4) is 23.0 Å². The van der Waals surface area contributed by atoms with Crippen molar-refractivity contribution in [1.29, 1.82) is 0 Å². The second kappa shape index (κ2) is 15.7. The van der Waals surface area contributed by atoms with E-state index in [0.29, 0.717) is 61.4 Å². The molecule has 2 amide bonds. The number of hydrogen-bond donors (Lipinski definition) is 1. The monoisotopic (exact) mass is 848 g/mol. The van der Waals surface area contributed by atoms with Crippen LogP contribution in [0.1, 0.15) is 120 Å². The second-order valence-corrected chi connectivity index (χ2v) is 18.2. The molecule has 1 N–H and O–H groups in total. The van der Waals surface area contributed by atoms with Crippen molar-refractivity contribution in [1.82, 2.24) is 0 Å². The summed E-state index contributed by atoms with van der Waals surface area (Å²) in [5.41, 5.74) is 2.48. The first-order chi connectivity index (χ1) is 30.5. The van der Waals surface area contributed by atoms with Crippen LogP contribution in [0, 0.1) is 0 Å². The van der Waals surface area contributed by atoms with Crippen LogP contribution in [0.15, 0.2) is 109 Å². The zero-order chi connectivity index (χ0) is 45.4. The van der Waals surface area contributed by atoms with Crippen LogP contribution >= 0.6 is 0 Å². The number of rotatable bonds is 13. The van der Waals surface area contributed by atoms with Crippen LogP contribution < -0.4 is 19.8 Å². The fourth-order valence-electron chi connectivity index (χ4n) is 8.71. The van der Waals surface area contributed by atoms with Gasteiger partial charge in [0.1, 0.15) is 35.6 Å². The predicted molar refractivity (Wildman–Crippen MR) is 254 cm³/mol. The minimum Gasteiger partial charge on any atom is -0.457 e. The highest BCUT2D eigenvalue weighted by Crippen LogP contribution is 2.53. The quantitative estimate of drug-likeness (QED) is 0.0400. The molecular formula is C54H47BNO8. The van der Waals surface area contributed by atoms with Gasteiger partial charge >= 0.3 is 7.48 Å². The zero-order valence-electron chi connectivity index (χ0n) is 37.0. The van der Waals surface area contributed by atoms with E-state index in [9.17, 15) is 14.7 Å². The lowest BCUT2D eigenvalue weighted by molar-refractivity contribution is -0.0893. The molecule has 1 aliphatic heterocycles. The first-order valence-electron chi connectivity index (χ1n) is 21.5. The summed E-state index contributed by atoms with van der Waals surface area (Å²) in [6, 6.07) is 32.8. The lowest BCUT2D eigenvalue weighted by Gasteiger charge is -2.37. The Morgan fingerprint density at radius 3 is 1.52 bits per heavy atom.